The molecule has 1 aliphatic carbocycles. The first kappa shape index (κ1) is 30.6. The normalized spacial score (nSPS) is 15.3. The minimum absolute atomic E-state index is 0.0460. The largest absolute Gasteiger partial charge is 0.481 e. The average molecular weight is 562 g/mol. The molecule has 40 heavy (non-hydrogen) atoms. The van der Waals surface area contributed by atoms with Crippen LogP contribution < -0.4 is 10.6 Å². The number of carboxylic acids is 1. The summed E-state index contributed by atoms with van der Waals surface area (Å²) in [6.07, 6.45) is 1.43. The summed E-state index contributed by atoms with van der Waals surface area (Å²) < 4.78 is 39.4. The first-order valence-electron chi connectivity index (χ1n) is 13.0. The highest BCUT2D eigenvalue weighted by atomic mass is 19.4. The number of rotatable bonds is 12. The summed E-state index contributed by atoms with van der Waals surface area (Å²) in [7, 11) is 1.53. The summed E-state index contributed by atoms with van der Waals surface area (Å²) in [5, 5.41) is 33.3. The lowest BCUT2D eigenvalue weighted by Gasteiger charge is -2.33. The molecule has 0 radical (unpaired) electrons. The molecular formula is C28H34F3N5O4. The zero-order valence-electron chi connectivity index (χ0n) is 22.2. The average Bonchev–Trinajstić information content (AvgIpc) is 2.95. The highest BCUT2D eigenvalue weighted by Crippen LogP contribution is 2.33. The van der Waals surface area contributed by atoms with Crippen molar-refractivity contribution in [1.29, 1.82) is 5.41 Å². The van der Waals surface area contributed by atoms with Crippen LogP contribution in [0.3, 0.4) is 0 Å². The fourth-order valence-corrected chi connectivity index (χ4v) is 4.67. The highest BCUT2D eigenvalue weighted by Gasteiger charge is 2.33. The standard InChI is InChI=1S/C28H34F3N5O4/c1-36(15-14-25(38)39)27(40)19-10-12-20(13-11-19)34-26(18-6-3-2-4-7-18)21(22(32)17-37)16-33-24-9-5-8-23(35-24)28(29,30)31/h5,8-13,16,18,26,32,34,37H,2-4,6-7,14-15,17H2,1H3,(H,33,35)(H,38,39)/b21-16+,32-22?. The summed E-state index contributed by atoms with van der Waals surface area (Å²) >= 11 is 0. The number of carboxylic acid groups (broad SMARTS) is 1. The van der Waals surface area contributed by atoms with E-state index in [9.17, 15) is 27.9 Å². The van der Waals surface area contributed by atoms with Gasteiger partial charge in [-0.25, -0.2) is 4.98 Å². The van der Waals surface area contributed by atoms with Gasteiger partial charge in [-0.2, -0.15) is 13.2 Å². The number of carbonyl (C=O) groups excluding carboxylic acids is 1. The van der Waals surface area contributed by atoms with E-state index in [-0.39, 0.29) is 36.3 Å². The van der Waals surface area contributed by atoms with Crippen molar-refractivity contribution >= 4 is 29.1 Å². The van der Waals surface area contributed by atoms with Crippen LogP contribution in [-0.2, 0) is 11.0 Å². The topological polar surface area (TPSA) is 139 Å². The van der Waals surface area contributed by atoms with E-state index >= 15 is 0 Å². The molecular weight excluding hydrogens is 527 g/mol. The number of aliphatic hydroxyl groups excluding tert-OH is 1. The van der Waals surface area contributed by atoms with E-state index in [1.807, 2.05) is 0 Å². The lowest BCUT2D eigenvalue weighted by molar-refractivity contribution is -0.141. The van der Waals surface area contributed by atoms with Gasteiger partial charge in [-0.3, -0.25) is 9.59 Å². The molecule has 0 saturated heterocycles. The van der Waals surface area contributed by atoms with Gasteiger partial charge in [0.2, 0.25) is 0 Å². The maximum atomic E-state index is 13.1. The molecule has 216 valence electrons. The zero-order chi connectivity index (χ0) is 29.3. The van der Waals surface area contributed by atoms with E-state index in [2.05, 4.69) is 15.6 Å². The Morgan fingerprint density at radius 3 is 2.42 bits per heavy atom. The molecule has 0 bridgehead atoms. The van der Waals surface area contributed by atoms with Gasteiger partial charge in [-0.15, -0.1) is 0 Å². The third-order valence-electron chi connectivity index (χ3n) is 6.84. The number of anilines is 2. The van der Waals surface area contributed by atoms with Gasteiger partial charge in [0.1, 0.15) is 11.5 Å². The Labute approximate surface area is 230 Å². The van der Waals surface area contributed by atoms with Crippen LogP contribution in [0.15, 0.2) is 54.2 Å². The van der Waals surface area contributed by atoms with E-state index in [4.69, 9.17) is 10.5 Å². The Bertz CT molecular complexity index is 1210. The summed E-state index contributed by atoms with van der Waals surface area (Å²) in [4.78, 5) is 28.4. The van der Waals surface area contributed by atoms with Gasteiger partial charge in [0.05, 0.1) is 24.8 Å². The third kappa shape index (κ3) is 8.54. The van der Waals surface area contributed by atoms with Crippen LogP contribution in [0.5, 0.6) is 0 Å². The Morgan fingerprint density at radius 1 is 1.15 bits per heavy atom. The van der Waals surface area contributed by atoms with Gasteiger partial charge in [0, 0.05) is 36.6 Å². The van der Waals surface area contributed by atoms with Crippen LogP contribution in [0.1, 0.15) is 54.6 Å². The molecule has 1 aromatic carbocycles. The van der Waals surface area contributed by atoms with E-state index in [0.717, 1.165) is 38.2 Å². The number of alkyl halides is 3. The van der Waals surface area contributed by atoms with Crippen LogP contribution in [0.4, 0.5) is 24.7 Å². The Kier molecular flexibility index (Phi) is 10.7. The van der Waals surface area contributed by atoms with Gasteiger partial charge in [0.25, 0.3) is 5.91 Å². The second kappa shape index (κ2) is 13.9. The van der Waals surface area contributed by atoms with Crippen LogP contribution in [-0.4, -0.2) is 63.9 Å². The summed E-state index contributed by atoms with van der Waals surface area (Å²) in [6.45, 7) is -0.492. The van der Waals surface area contributed by atoms with E-state index in [1.54, 1.807) is 24.3 Å². The number of aromatic nitrogens is 1. The fraction of sp³-hybridized carbons (Fsp3) is 0.429. The lowest BCUT2D eigenvalue weighted by Crippen LogP contribution is -2.36. The van der Waals surface area contributed by atoms with Gasteiger partial charge < -0.3 is 31.2 Å². The SMILES string of the molecule is CN(CCC(=O)O)C(=O)c1ccc(NC(/C(=C/Nc2cccc(C(F)(F)F)n2)C(=N)CO)C2CCCCC2)cc1. The molecule has 12 heteroatoms. The molecule has 0 spiro atoms. The van der Waals surface area contributed by atoms with Gasteiger partial charge in [-0.1, -0.05) is 25.3 Å². The number of hydrogen-bond acceptors (Lipinski definition) is 7. The van der Waals surface area contributed by atoms with Crippen LogP contribution in [0.2, 0.25) is 0 Å². The van der Waals surface area contributed by atoms with Crippen LogP contribution in [0, 0.1) is 11.3 Å². The van der Waals surface area contributed by atoms with Gasteiger partial charge in [-0.05, 0) is 55.2 Å². The molecule has 1 atom stereocenters. The molecule has 1 aromatic heterocycles. The first-order chi connectivity index (χ1) is 19.0. The first-order valence-corrected chi connectivity index (χ1v) is 13.0. The lowest BCUT2D eigenvalue weighted by atomic mass is 9.80. The van der Waals surface area contributed by atoms with Crippen LogP contribution >= 0.6 is 0 Å². The number of halogens is 3. The quantitative estimate of drug-likeness (QED) is 0.230. The van der Waals surface area contributed by atoms with Crippen molar-refractivity contribution in [2.24, 2.45) is 5.92 Å². The molecule has 1 fully saturated rings. The number of nitrogens with zero attached hydrogens (tertiary/aromatic N) is 2. The van der Waals surface area contributed by atoms with Crippen molar-refractivity contribution in [3.05, 3.63) is 65.5 Å². The van der Waals surface area contributed by atoms with Gasteiger partial charge in [0.15, 0.2) is 0 Å². The minimum Gasteiger partial charge on any atom is -0.481 e. The number of nitrogens with one attached hydrogen (secondary N) is 3. The predicted molar refractivity (Wildman–Crippen MR) is 145 cm³/mol. The molecule has 1 saturated carbocycles. The number of aliphatic carboxylic acids is 1. The van der Waals surface area contributed by atoms with E-state index < -0.39 is 30.5 Å². The van der Waals surface area contributed by atoms with Crippen molar-refractivity contribution < 1.29 is 33.0 Å². The number of pyridine rings is 1. The van der Waals surface area contributed by atoms with Crippen molar-refractivity contribution in [1.82, 2.24) is 9.88 Å². The molecule has 0 aliphatic heterocycles. The van der Waals surface area contributed by atoms with Gasteiger partial charge >= 0.3 is 12.1 Å². The Balaban J connectivity index is 1.86. The Morgan fingerprint density at radius 2 is 1.82 bits per heavy atom. The van der Waals surface area contributed by atoms with Crippen molar-refractivity contribution in [3.63, 3.8) is 0 Å². The third-order valence-corrected chi connectivity index (χ3v) is 6.84. The van der Waals surface area contributed by atoms with Crippen LogP contribution in [0.25, 0.3) is 0 Å². The molecule has 1 aliphatic rings. The fourth-order valence-electron chi connectivity index (χ4n) is 4.67. The minimum atomic E-state index is -4.60. The number of hydrogen-bond donors (Lipinski definition) is 5. The smallest absolute Gasteiger partial charge is 0.433 e. The number of aliphatic hydroxyl groups is 1. The summed E-state index contributed by atoms with van der Waals surface area (Å²) in [5.41, 5.74) is 0.282. The molecule has 1 amide bonds. The predicted octanol–water partition coefficient (Wildman–Crippen LogP) is 5.02. The highest BCUT2D eigenvalue weighted by molar-refractivity contribution is 6.00. The maximum absolute atomic E-state index is 13.1. The molecule has 2 aromatic rings. The maximum Gasteiger partial charge on any atom is 0.433 e. The van der Waals surface area contributed by atoms with E-state index in [0.29, 0.717) is 16.8 Å². The van der Waals surface area contributed by atoms with Crippen molar-refractivity contribution in [3.8, 4) is 0 Å². The second-order valence-electron chi connectivity index (χ2n) is 9.75. The summed E-state index contributed by atoms with van der Waals surface area (Å²) in [5.74, 6) is -1.28. The van der Waals surface area contributed by atoms with Crippen molar-refractivity contribution in [2.75, 3.05) is 30.8 Å². The number of carbonyl (C=O) groups is 2. The van der Waals surface area contributed by atoms with E-state index in [1.165, 1.54) is 30.3 Å². The zero-order valence-corrected chi connectivity index (χ0v) is 22.2. The van der Waals surface area contributed by atoms with Crippen molar-refractivity contribution in [2.45, 2.75) is 50.7 Å². The second-order valence-corrected chi connectivity index (χ2v) is 9.75. The Hall–Kier alpha value is -3.93. The summed E-state index contributed by atoms with van der Waals surface area (Å²) in [6, 6.07) is 9.69. The number of benzene rings is 1. The molecule has 5 N–H and O–H groups in total. The molecule has 1 unspecified atom stereocenters. The molecule has 1 heterocycles. The molecule has 3 rings (SSSR count). The molecule has 9 nitrogen and oxygen atoms in total. The monoisotopic (exact) mass is 561 g/mol. The number of amides is 1.